The third kappa shape index (κ3) is 2.55. The van der Waals surface area contributed by atoms with Gasteiger partial charge in [0.15, 0.2) is 0 Å². The molecule has 0 saturated carbocycles. The van der Waals surface area contributed by atoms with Gasteiger partial charge in [0.25, 0.3) is 0 Å². The minimum atomic E-state index is -0.483. The van der Waals surface area contributed by atoms with Gasteiger partial charge in [-0.1, -0.05) is 0 Å². The van der Waals surface area contributed by atoms with Crippen LogP contribution in [-0.4, -0.2) is 17.1 Å². The van der Waals surface area contributed by atoms with E-state index in [1.807, 2.05) is 13.8 Å². The van der Waals surface area contributed by atoms with Gasteiger partial charge in [-0.25, -0.2) is 4.98 Å². The zero-order chi connectivity index (χ0) is 10.3. The first-order valence-electron chi connectivity index (χ1n) is 4.60. The highest BCUT2D eigenvalue weighted by molar-refractivity contribution is 8.93. The van der Waals surface area contributed by atoms with Gasteiger partial charge in [0, 0.05) is 6.54 Å². The maximum atomic E-state index is 12.9. The molecule has 1 atom stereocenters. The minimum absolute atomic E-state index is 0. The largest absolute Gasteiger partial charge is 0.485 e. The van der Waals surface area contributed by atoms with E-state index in [2.05, 4.69) is 4.98 Å². The van der Waals surface area contributed by atoms with Crippen LogP contribution >= 0.6 is 34.0 Å². The van der Waals surface area contributed by atoms with Crippen LogP contribution in [0.4, 0.5) is 4.39 Å². The number of nitrogens with two attached hydrogens (primary N) is 1. The first-order valence-corrected chi connectivity index (χ1v) is 4.60. The zero-order valence-electron chi connectivity index (χ0n) is 9.07. The lowest BCUT2D eigenvalue weighted by Crippen LogP contribution is -2.34. The topological polar surface area (TPSA) is 48.1 Å². The van der Waals surface area contributed by atoms with Crippen molar-refractivity contribution in [2.45, 2.75) is 25.4 Å². The summed E-state index contributed by atoms with van der Waals surface area (Å²) in [6.07, 6.45) is 0. The summed E-state index contributed by atoms with van der Waals surface area (Å²) in [7, 11) is 0. The van der Waals surface area contributed by atoms with Crippen LogP contribution in [0.5, 0.6) is 5.75 Å². The first kappa shape index (κ1) is 15.8. The SMILES string of the molecule is Br.Br.CC1(C)Oc2ccc(F)nc2C1CN. The molecule has 0 fully saturated rings. The maximum Gasteiger partial charge on any atom is 0.213 e. The van der Waals surface area contributed by atoms with Crippen molar-refractivity contribution >= 4 is 34.0 Å². The molecule has 2 heterocycles. The highest BCUT2D eigenvalue weighted by Gasteiger charge is 2.41. The summed E-state index contributed by atoms with van der Waals surface area (Å²) in [6.45, 7) is 4.28. The van der Waals surface area contributed by atoms with Crippen molar-refractivity contribution in [2.24, 2.45) is 5.73 Å². The van der Waals surface area contributed by atoms with Gasteiger partial charge in [-0.15, -0.1) is 34.0 Å². The van der Waals surface area contributed by atoms with Crippen LogP contribution in [0.25, 0.3) is 0 Å². The quantitative estimate of drug-likeness (QED) is 0.786. The Labute approximate surface area is 115 Å². The van der Waals surface area contributed by atoms with Crippen molar-refractivity contribution in [1.29, 1.82) is 0 Å². The molecule has 2 rings (SSSR count). The molecule has 1 aromatic heterocycles. The molecule has 0 spiro atoms. The van der Waals surface area contributed by atoms with Crippen molar-refractivity contribution in [1.82, 2.24) is 4.98 Å². The molecular formula is C10H15Br2FN2O. The molecule has 1 unspecified atom stereocenters. The zero-order valence-corrected chi connectivity index (χ0v) is 12.5. The summed E-state index contributed by atoms with van der Waals surface area (Å²) in [5.41, 5.74) is 5.88. The van der Waals surface area contributed by atoms with E-state index in [-0.39, 0.29) is 39.9 Å². The third-order valence-corrected chi connectivity index (χ3v) is 2.63. The second-order valence-corrected chi connectivity index (χ2v) is 4.01. The molecule has 3 nitrogen and oxygen atoms in total. The van der Waals surface area contributed by atoms with Gasteiger partial charge in [-0.3, -0.25) is 0 Å². The number of fused-ring (bicyclic) bond motifs is 1. The Bertz CT molecular complexity index is 374. The highest BCUT2D eigenvalue weighted by Crippen LogP contribution is 2.42. The number of nitrogens with zero attached hydrogens (tertiary/aromatic N) is 1. The normalized spacial score (nSPS) is 20.1. The lowest BCUT2D eigenvalue weighted by atomic mass is 9.90. The molecule has 1 aliphatic rings. The summed E-state index contributed by atoms with van der Waals surface area (Å²) in [5.74, 6) is 0.128. The van der Waals surface area contributed by atoms with Crippen molar-refractivity contribution in [3.63, 3.8) is 0 Å². The molecule has 2 N–H and O–H groups in total. The lowest BCUT2D eigenvalue weighted by molar-refractivity contribution is 0.112. The number of rotatable bonds is 1. The minimum Gasteiger partial charge on any atom is -0.485 e. The fraction of sp³-hybridized carbons (Fsp3) is 0.500. The Morgan fingerprint density at radius 2 is 2.06 bits per heavy atom. The molecule has 92 valence electrons. The Morgan fingerprint density at radius 1 is 1.44 bits per heavy atom. The number of halogens is 3. The summed E-state index contributed by atoms with van der Waals surface area (Å²) < 4.78 is 18.6. The third-order valence-electron chi connectivity index (χ3n) is 2.63. The molecule has 0 saturated heterocycles. The second kappa shape index (κ2) is 5.42. The van der Waals surface area contributed by atoms with E-state index in [4.69, 9.17) is 10.5 Å². The predicted octanol–water partition coefficient (Wildman–Crippen LogP) is 2.59. The van der Waals surface area contributed by atoms with E-state index in [1.54, 1.807) is 6.07 Å². The summed E-state index contributed by atoms with van der Waals surface area (Å²) in [4.78, 5) is 3.83. The molecule has 1 aromatic rings. The number of ether oxygens (including phenoxy) is 1. The number of pyridine rings is 1. The summed E-state index contributed by atoms with van der Waals surface area (Å²) in [6, 6.07) is 2.91. The van der Waals surface area contributed by atoms with Gasteiger partial charge in [0.05, 0.1) is 11.6 Å². The lowest BCUT2D eigenvalue weighted by Gasteiger charge is -2.24. The average Bonchev–Trinajstić information content (AvgIpc) is 2.34. The van der Waals surface area contributed by atoms with Crippen LogP contribution in [0.1, 0.15) is 25.5 Å². The smallest absolute Gasteiger partial charge is 0.213 e. The second-order valence-electron chi connectivity index (χ2n) is 4.01. The molecule has 0 bridgehead atoms. The fourth-order valence-corrected chi connectivity index (χ4v) is 1.85. The summed E-state index contributed by atoms with van der Waals surface area (Å²) in [5, 5.41) is 0. The standard InChI is InChI=1S/C10H13FN2O.2BrH/c1-10(2)6(5-12)9-7(14-10)3-4-8(11)13-9;;/h3-4,6H,5,12H2,1-2H3;2*1H. The molecule has 0 amide bonds. The van der Waals surface area contributed by atoms with Crippen LogP contribution < -0.4 is 10.5 Å². The van der Waals surface area contributed by atoms with Gasteiger partial charge in [0.1, 0.15) is 11.4 Å². The van der Waals surface area contributed by atoms with Crippen LogP contribution in [-0.2, 0) is 0 Å². The van der Waals surface area contributed by atoms with E-state index >= 15 is 0 Å². The van der Waals surface area contributed by atoms with Gasteiger partial charge in [-0.05, 0) is 26.0 Å². The first-order chi connectivity index (χ1) is 6.54. The van der Waals surface area contributed by atoms with Gasteiger partial charge in [0.2, 0.25) is 5.95 Å². The Morgan fingerprint density at radius 3 is 2.62 bits per heavy atom. The van der Waals surface area contributed by atoms with Crippen molar-refractivity contribution < 1.29 is 9.13 Å². The Hall–Kier alpha value is -0.200. The molecule has 0 radical (unpaired) electrons. The molecule has 1 aliphatic heterocycles. The fourth-order valence-electron chi connectivity index (χ4n) is 1.85. The van der Waals surface area contributed by atoms with Crippen LogP contribution in [0.2, 0.25) is 0 Å². The van der Waals surface area contributed by atoms with E-state index in [9.17, 15) is 4.39 Å². The van der Waals surface area contributed by atoms with E-state index in [1.165, 1.54) is 6.07 Å². The Kier molecular flexibility index (Phi) is 5.35. The van der Waals surface area contributed by atoms with Crippen molar-refractivity contribution in [3.8, 4) is 5.75 Å². The highest BCUT2D eigenvalue weighted by atomic mass is 79.9. The van der Waals surface area contributed by atoms with Gasteiger partial charge >= 0.3 is 0 Å². The van der Waals surface area contributed by atoms with E-state index in [0.717, 1.165) is 0 Å². The monoisotopic (exact) mass is 356 g/mol. The van der Waals surface area contributed by atoms with Crippen molar-refractivity contribution in [2.75, 3.05) is 6.54 Å². The number of hydrogen-bond donors (Lipinski definition) is 1. The average molecular weight is 358 g/mol. The van der Waals surface area contributed by atoms with Crippen LogP contribution in [0.15, 0.2) is 12.1 Å². The van der Waals surface area contributed by atoms with E-state index < -0.39 is 11.5 Å². The maximum absolute atomic E-state index is 12.9. The van der Waals surface area contributed by atoms with E-state index in [0.29, 0.717) is 18.0 Å². The Balaban J connectivity index is 0.00000112. The molecule has 6 heteroatoms. The molecule has 0 aliphatic carbocycles. The number of aromatic nitrogens is 1. The molecular weight excluding hydrogens is 343 g/mol. The van der Waals surface area contributed by atoms with Crippen LogP contribution in [0.3, 0.4) is 0 Å². The van der Waals surface area contributed by atoms with Crippen molar-refractivity contribution in [3.05, 3.63) is 23.8 Å². The summed E-state index contributed by atoms with van der Waals surface area (Å²) >= 11 is 0. The predicted molar refractivity (Wildman–Crippen MR) is 71.3 cm³/mol. The molecule has 16 heavy (non-hydrogen) atoms. The van der Waals surface area contributed by atoms with Crippen LogP contribution in [0, 0.1) is 5.95 Å². The van der Waals surface area contributed by atoms with Gasteiger partial charge in [-0.2, -0.15) is 4.39 Å². The number of hydrogen-bond acceptors (Lipinski definition) is 3. The molecule has 0 aromatic carbocycles. The van der Waals surface area contributed by atoms with Gasteiger partial charge < -0.3 is 10.5 Å².